The van der Waals surface area contributed by atoms with Crippen LogP contribution in [0.25, 0.3) is 0 Å². The third kappa shape index (κ3) is 5.23. The van der Waals surface area contributed by atoms with Crippen LogP contribution < -0.4 is 5.32 Å². The van der Waals surface area contributed by atoms with Crippen LogP contribution in [0.4, 0.5) is 0 Å². The van der Waals surface area contributed by atoms with Crippen LogP contribution in [0.2, 0.25) is 0 Å². The largest absolute Gasteiger partial charge is 0.314 e. The molecular formula is C16H30N2S. The van der Waals surface area contributed by atoms with Gasteiger partial charge < -0.3 is 5.32 Å². The van der Waals surface area contributed by atoms with Gasteiger partial charge in [-0.2, -0.15) is 0 Å². The molecule has 0 saturated carbocycles. The summed E-state index contributed by atoms with van der Waals surface area (Å²) < 4.78 is 0. The molecule has 19 heavy (non-hydrogen) atoms. The molecule has 0 aliphatic carbocycles. The zero-order valence-corrected chi connectivity index (χ0v) is 14.4. The second-order valence-electron chi connectivity index (χ2n) is 7.39. The molecule has 0 saturated heterocycles. The van der Waals surface area contributed by atoms with Gasteiger partial charge in [0.2, 0.25) is 0 Å². The van der Waals surface area contributed by atoms with Crippen molar-refractivity contribution in [3.8, 4) is 0 Å². The van der Waals surface area contributed by atoms with E-state index in [1.54, 1.807) is 0 Å². The minimum atomic E-state index is 0.167. The van der Waals surface area contributed by atoms with Crippen molar-refractivity contribution in [1.82, 2.24) is 10.3 Å². The summed E-state index contributed by atoms with van der Waals surface area (Å²) in [5.74, 6) is 0. The summed E-state index contributed by atoms with van der Waals surface area (Å²) >= 11 is 1.81. The van der Waals surface area contributed by atoms with Gasteiger partial charge in [-0.15, -0.1) is 11.3 Å². The van der Waals surface area contributed by atoms with Crippen LogP contribution in [0.5, 0.6) is 0 Å². The molecule has 1 rings (SSSR count). The molecule has 0 radical (unpaired) electrons. The lowest BCUT2D eigenvalue weighted by Gasteiger charge is -2.31. The van der Waals surface area contributed by atoms with Gasteiger partial charge in [-0.25, -0.2) is 4.98 Å². The van der Waals surface area contributed by atoms with Gasteiger partial charge in [0, 0.05) is 23.3 Å². The van der Waals surface area contributed by atoms with E-state index < -0.39 is 0 Å². The molecule has 3 heteroatoms. The van der Waals surface area contributed by atoms with E-state index in [4.69, 9.17) is 4.98 Å². The standard InChI is InChI=1S/C16H30N2S/c1-8-17-12(15(2,3)4)9-10-14-18-13(11-19-14)16(5,6)7/h11-12,17H,8-10H2,1-7H3. The maximum atomic E-state index is 4.79. The van der Waals surface area contributed by atoms with Crippen molar-refractivity contribution in [3.05, 3.63) is 16.1 Å². The first-order valence-electron chi connectivity index (χ1n) is 7.33. The lowest BCUT2D eigenvalue weighted by Crippen LogP contribution is -2.40. The molecule has 1 unspecified atom stereocenters. The quantitative estimate of drug-likeness (QED) is 0.866. The summed E-state index contributed by atoms with van der Waals surface area (Å²) in [6, 6.07) is 0.555. The van der Waals surface area contributed by atoms with Crippen LogP contribution in [0.3, 0.4) is 0 Å². The lowest BCUT2D eigenvalue weighted by molar-refractivity contribution is 0.258. The molecule has 0 aliphatic heterocycles. The monoisotopic (exact) mass is 282 g/mol. The summed E-state index contributed by atoms with van der Waals surface area (Å²) in [7, 11) is 0. The van der Waals surface area contributed by atoms with Gasteiger partial charge in [0.15, 0.2) is 0 Å². The van der Waals surface area contributed by atoms with Crippen molar-refractivity contribution < 1.29 is 0 Å². The van der Waals surface area contributed by atoms with E-state index in [-0.39, 0.29) is 5.41 Å². The molecule has 0 bridgehead atoms. The number of nitrogens with zero attached hydrogens (tertiary/aromatic N) is 1. The average Bonchev–Trinajstić information content (AvgIpc) is 2.70. The minimum absolute atomic E-state index is 0.167. The highest BCUT2D eigenvalue weighted by Crippen LogP contribution is 2.27. The summed E-state index contributed by atoms with van der Waals surface area (Å²) in [4.78, 5) is 4.79. The smallest absolute Gasteiger partial charge is 0.0929 e. The van der Waals surface area contributed by atoms with Crippen LogP contribution in [0.15, 0.2) is 5.38 Å². The summed E-state index contributed by atoms with van der Waals surface area (Å²) in [5, 5.41) is 7.10. The molecule has 1 atom stereocenters. The third-order valence-electron chi connectivity index (χ3n) is 3.46. The zero-order chi connectivity index (χ0) is 14.7. The Balaban J connectivity index is 2.62. The molecule has 110 valence electrons. The maximum Gasteiger partial charge on any atom is 0.0929 e. The molecule has 0 aliphatic rings. The second-order valence-corrected chi connectivity index (χ2v) is 8.33. The predicted molar refractivity (Wildman–Crippen MR) is 86.1 cm³/mol. The Kier molecular flexibility index (Phi) is 5.57. The van der Waals surface area contributed by atoms with Gasteiger partial charge >= 0.3 is 0 Å². The Morgan fingerprint density at radius 3 is 2.26 bits per heavy atom. The molecule has 1 aromatic rings. The van der Waals surface area contributed by atoms with Gasteiger partial charge in [0.25, 0.3) is 0 Å². The van der Waals surface area contributed by atoms with Gasteiger partial charge in [0.1, 0.15) is 0 Å². The fourth-order valence-corrected chi connectivity index (χ4v) is 3.17. The predicted octanol–water partition coefficient (Wildman–Crippen LogP) is 4.40. The molecule has 1 heterocycles. The molecule has 0 aromatic carbocycles. The fourth-order valence-electron chi connectivity index (χ4n) is 2.13. The Labute approximate surface area is 123 Å². The number of aromatic nitrogens is 1. The van der Waals surface area contributed by atoms with Gasteiger partial charge in [-0.1, -0.05) is 48.5 Å². The number of aryl methyl sites for hydroxylation is 1. The first-order chi connectivity index (χ1) is 8.64. The normalized spacial score (nSPS) is 14.7. The summed E-state index contributed by atoms with van der Waals surface area (Å²) in [6.45, 7) is 16.8. The van der Waals surface area contributed by atoms with Crippen molar-refractivity contribution in [2.75, 3.05) is 6.54 Å². The number of thiazole rings is 1. The first kappa shape index (κ1) is 16.6. The molecule has 0 amide bonds. The zero-order valence-electron chi connectivity index (χ0n) is 13.6. The summed E-state index contributed by atoms with van der Waals surface area (Å²) in [6.07, 6.45) is 2.24. The van der Waals surface area contributed by atoms with Crippen LogP contribution in [0, 0.1) is 5.41 Å². The van der Waals surface area contributed by atoms with Crippen LogP contribution >= 0.6 is 11.3 Å². The highest BCUT2D eigenvalue weighted by Gasteiger charge is 2.24. The SMILES string of the molecule is CCNC(CCc1nc(C(C)(C)C)cs1)C(C)(C)C. The van der Waals surface area contributed by atoms with Crippen LogP contribution in [0.1, 0.15) is 65.6 Å². The van der Waals surface area contributed by atoms with Crippen LogP contribution in [-0.2, 0) is 11.8 Å². The minimum Gasteiger partial charge on any atom is -0.314 e. The number of hydrogen-bond acceptors (Lipinski definition) is 3. The maximum absolute atomic E-state index is 4.79. The topological polar surface area (TPSA) is 24.9 Å². The number of nitrogens with one attached hydrogen (secondary N) is 1. The van der Waals surface area contributed by atoms with Crippen molar-refractivity contribution in [3.63, 3.8) is 0 Å². The van der Waals surface area contributed by atoms with Crippen molar-refractivity contribution in [1.29, 1.82) is 0 Å². The van der Waals surface area contributed by atoms with Gasteiger partial charge in [-0.05, 0) is 18.4 Å². The Morgan fingerprint density at radius 2 is 1.84 bits per heavy atom. The molecule has 1 aromatic heterocycles. The molecule has 0 fully saturated rings. The Morgan fingerprint density at radius 1 is 1.21 bits per heavy atom. The summed E-state index contributed by atoms with van der Waals surface area (Å²) in [5.41, 5.74) is 1.70. The second kappa shape index (κ2) is 6.36. The highest BCUT2D eigenvalue weighted by molar-refractivity contribution is 7.09. The van der Waals surface area contributed by atoms with Crippen LogP contribution in [-0.4, -0.2) is 17.6 Å². The van der Waals surface area contributed by atoms with E-state index >= 15 is 0 Å². The van der Waals surface area contributed by atoms with E-state index in [9.17, 15) is 0 Å². The fraction of sp³-hybridized carbons (Fsp3) is 0.812. The van der Waals surface area contributed by atoms with E-state index in [1.807, 2.05) is 11.3 Å². The third-order valence-corrected chi connectivity index (χ3v) is 4.37. The van der Waals surface area contributed by atoms with E-state index in [0.717, 1.165) is 19.4 Å². The van der Waals surface area contributed by atoms with Gasteiger partial charge in [0.05, 0.1) is 10.7 Å². The molecular weight excluding hydrogens is 252 g/mol. The first-order valence-corrected chi connectivity index (χ1v) is 8.21. The van der Waals surface area contributed by atoms with Crippen molar-refractivity contribution >= 4 is 11.3 Å². The van der Waals surface area contributed by atoms with E-state index in [2.05, 4.69) is 59.2 Å². The van der Waals surface area contributed by atoms with Gasteiger partial charge in [-0.3, -0.25) is 0 Å². The molecule has 0 spiro atoms. The average molecular weight is 282 g/mol. The Hall–Kier alpha value is -0.410. The number of rotatable bonds is 5. The Bertz CT molecular complexity index is 382. The lowest BCUT2D eigenvalue weighted by atomic mass is 9.84. The molecule has 2 nitrogen and oxygen atoms in total. The molecule has 1 N–H and O–H groups in total. The number of hydrogen-bond donors (Lipinski definition) is 1. The van der Waals surface area contributed by atoms with Crippen molar-refractivity contribution in [2.45, 2.75) is 72.8 Å². The van der Waals surface area contributed by atoms with E-state index in [1.165, 1.54) is 10.7 Å². The van der Waals surface area contributed by atoms with E-state index in [0.29, 0.717) is 11.5 Å². The highest BCUT2D eigenvalue weighted by atomic mass is 32.1. The van der Waals surface area contributed by atoms with Crippen molar-refractivity contribution in [2.24, 2.45) is 5.41 Å².